The van der Waals surface area contributed by atoms with Gasteiger partial charge >= 0.3 is 0 Å². The lowest BCUT2D eigenvalue weighted by atomic mass is 10.2. The first-order valence-corrected chi connectivity index (χ1v) is 7.64. The second-order valence-corrected chi connectivity index (χ2v) is 6.21. The number of anilines is 1. The van der Waals surface area contributed by atoms with Crippen LogP contribution in [0, 0.1) is 5.92 Å². The van der Waals surface area contributed by atoms with E-state index in [-0.39, 0.29) is 10.9 Å². The minimum Gasteiger partial charge on any atom is -0.383 e. The van der Waals surface area contributed by atoms with Gasteiger partial charge in [0.2, 0.25) is 0 Å². The maximum atomic E-state index is 12.1. The summed E-state index contributed by atoms with van der Waals surface area (Å²) in [6.45, 7) is 7.06. The van der Waals surface area contributed by atoms with Crippen molar-refractivity contribution in [1.29, 1.82) is 0 Å². The molecule has 0 atom stereocenters. The number of aromatic nitrogens is 1. The van der Waals surface area contributed by atoms with E-state index in [2.05, 4.69) is 15.0 Å². The van der Waals surface area contributed by atoms with Crippen LogP contribution in [0.4, 0.5) is 5.69 Å². The molecule has 0 aliphatic carbocycles. The van der Waals surface area contributed by atoms with Gasteiger partial charge in [0.25, 0.3) is 10.0 Å². The summed E-state index contributed by atoms with van der Waals surface area (Å²) in [7, 11) is -3.54. The van der Waals surface area contributed by atoms with Crippen molar-refractivity contribution in [2.45, 2.75) is 32.2 Å². The summed E-state index contributed by atoms with van der Waals surface area (Å²) in [5.74, 6) is 0.260. The van der Waals surface area contributed by atoms with Crippen molar-refractivity contribution in [3.05, 3.63) is 18.3 Å². The maximum Gasteiger partial charge on any atom is 0.260 e. The second kappa shape index (κ2) is 6.70. The fraction of sp³-hybridized carbons (Fsp3) is 0.583. The Morgan fingerprint density at radius 3 is 2.72 bits per heavy atom. The molecular weight excluding hydrogens is 250 g/mol. The monoisotopic (exact) mass is 271 g/mol. The van der Waals surface area contributed by atoms with Crippen LogP contribution < -0.4 is 10.0 Å². The van der Waals surface area contributed by atoms with E-state index in [4.69, 9.17) is 0 Å². The van der Waals surface area contributed by atoms with Gasteiger partial charge in [-0.3, -0.25) is 0 Å². The average Bonchev–Trinajstić information content (AvgIpc) is 2.34. The normalized spacial score (nSPS) is 11.8. The molecule has 1 aromatic heterocycles. The second-order valence-electron chi connectivity index (χ2n) is 4.53. The molecule has 1 heterocycles. The Labute approximate surface area is 109 Å². The van der Waals surface area contributed by atoms with Crippen molar-refractivity contribution in [2.75, 3.05) is 18.4 Å². The highest BCUT2D eigenvalue weighted by atomic mass is 32.2. The molecule has 0 aromatic carbocycles. The largest absolute Gasteiger partial charge is 0.383 e. The maximum absolute atomic E-state index is 12.1. The Hall–Kier alpha value is -1.14. The van der Waals surface area contributed by atoms with Crippen LogP contribution in [-0.2, 0) is 10.0 Å². The van der Waals surface area contributed by atoms with Gasteiger partial charge < -0.3 is 5.32 Å². The van der Waals surface area contributed by atoms with Crippen LogP contribution in [0.15, 0.2) is 23.4 Å². The summed E-state index contributed by atoms with van der Waals surface area (Å²) < 4.78 is 26.8. The molecule has 0 fully saturated rings. The molecule has 0 saturated heterocycles. The summed E-state index contributed by atoms with van der Waals surface area (Å²) in [5.41, 5.74) is 0.551. The van der Waals surface area contributed by atoms with Gasteiger partial charge in [-0.1, -0.05) is 20.8 Å². The number of nitrogens with one attached hydrogen (secondary N) is 2. The molecule has 0 saturated carbocycles. The fourth-order valence-electron chi connectivity index (χ4n) is 1.34. The molecule has 0 radical (unpaired) electrons. The number of pyridine rings is 1. The summed E-state index contributed by atoms with van der Waals surface area (Å²) in [5, 5.41) is 3.14. The molecule has 0 bridgehead atoms. The van der Waals surface area contributed by atoms with Crippen LogP contribution in [0.5, 0.6) is 0 Å². The first-order chi connectivity index (χ1) is 8.47. The highest BCUT2D eigenvalue weighted by Crippen LogP contribution is 2.17. The molecule has 5 nitrogen and oxygen atoms in total. The van der Waals surface area contributed by atoms with Crippen molar-refractivity contribution in [2.24, 2.45) is 5.92 Å². The molecular formula is C12H21N3O2S. The van der Waals surface area contributed by atoms with Gasteiger partial charge in [-0.25, -0.2) is 18.1 Å². The molecule has 18 heavy (non-hydrogen) atoms. The minimum absolute atomic E-state index is 0.0686. The zero-order chi connectivity index (χ0) is 13.6. The van der Waals surface area contributed by atoms with E-state index in [0.717, 1.165) is 13.0 Å². The van der Waals surface area contributed by atoms with Crippen LogP contribution in [0.25, 0.3) is 0 Å². The number of nitrogens with zero attached hydrogens (tertiary/aromatic N) is 1. The Morgan fingerprint density at radius 1 is 1.39 bits per heavy atom. The molecule has 0 aliphatic heterocycles. The van der Waals surface area contributed by atoms with Gasteiger partial charge in [-0.05, 0) is 24.5 Å². The van der Waals surface area contributed by atoms with E-state index in [0.29, 0.717) is 12.2 Å². The van der Waals surface area contributed by atoms with Crippen molar-refractivity contribution >= 4 is 15.7 Å². The molecule has 102 valence electrons. The van der Waals surface area contributed by atoms with Crippen LogP contribution in [0.3, 0.4) is 0 Å². The minimum atomic E-state index is -3.54. The van der Waals surface area contributed by atoms with Gasteiger partial charge in [0, 0.05) is 19.3 Å². The Kier molecular flexibility index (Phi) is 5.55. The average molecular weight is 271 g/mol. The molecule has 1 aromatic rings. The summed E-state index contributed by atoms with van der Waals surface area (Å²) in [6, 6.07) is 3.45. The molecule has 0 aliphatic rings. The lowest BCUT2D eigenvalue weighted by Gasteiger charge is -2.12. The lowest BCUT2D eigenvalue weighted by molar-refractivity contribution is 0.557. The predicted octanol–water partition coefficient (Wildman–Crippen LogP) is 1.84. The molecule has 1 rings (SSSR count). The van der Waals surface area contributed by atoms with Crippen molar-refractivity contribution in [3.8, 4) is 0 Å². The van der Waals surface area contributed by atoms with Crippen molar-refractivity contribution in [1.82, 2.24) is 9.71 Å². The van der Waals surface area contributed by atoms with Crippen LogP contribution in [0.1, 0.15) is 27.2 Å². The van der Waals surface area contributed by atoms with Gasteiger partial charge in [0.15, 0.2) is 5.03 Å². The van der Waals surface area contributed by atoms with Gasteiger partial charge in [0.05, 0.1) is 5.69 Å². The third kappa shape index (κ3) is 4.27. The molecule has 0 amide bonds. The SMILES string of the molecule is CCCNc1cccnc1S(=O)(=O)NCC(C)C. The fourth-order valence-corrected chi connectivity index (χ4v) is 2.66. The third-order valence-corrected chi connectivity index (χ3v) is 3.65. The zero-order valence-electron chi connectivity index (χ0n) is 11.1. The van der Waals surface area contributed by atoms with Gasteiger partial charge in [0.1, 0.15) is 0 Å². The molecule has 0 unspecified atom stereocenters. The van der Waals surface area contributed by atoms with Gasteiger partial charge in [-0.2, -0.15) is 0 Å². The molecule has 0 spiro atoms. The smallest absolute Gasteiger partial charge is 0.260 e. The van der Waals surface area contributed by atoms with Crippen molar-refractivity contribution in [3.63, 3.8) is 0 Å². The van der Waals surface area contributed by atoms with Crippen molar-refractivity contribution < 1.29 is 8.42 Å². The molecule has 2 N–H and O–H groups in total. The van der Waals surface area contributed by atoms with E-state index in [9.17, 15) is 8.42 Å². The van der Waals surface area contributed by atoms with E-state index in [1.54, 1.807) is 12.1 Å². The van der Waals surface area contributed by atoms with Crippen LogP contribution in [-0.4, -0.2) is 26.5 Å². The highest BCUT2D eigenvalue weighted by molar-refractivity contribution is 7.89. The van der Waals surface area contributed by atoms with Gasteiger partial charge in [-0.15, -0.1) is 0 Å². The number of rotatable bonds is 7. The predicted molar refractivity (Wildman–Crippen MR) is 73.0 cm³/mol. The standard InChI is InChI=1S/C12H21N3O2S/c1-4-7-13-11-6-5-8-14-12(11)18(16,17)15-9-10(2)3/h5-6,8,10,13,15H,4,7,9H2,1-3H3. The summed E-state index contributed by atoms with van der Waals surface area (Å²) >= 11 is 0. The Bertz CT molecular complexity index is 472. The summed E-state index contributed by atoms with van der Waals surface area (Å²) in [6.07, 6.45) is 2.41. The molecule has 6 heteroatoms. The first kappa shape index (κ1) is 14.9. The highest BCUT2D eigenvalue weighted by Gasteiger charge is 2.19. The van der Waals surface area contributed by atoms with E-state index in [1.807, 2.05) is 20.8 Å². The van der Waals surface area contributed by atoms with E-state index in [1.165, 1.54) is 6.20 Å². The Morgan fingerprint density at radius 2 is 2.11 bits per heavy atom. The Balaban J connectivity index is 2.93. The first-order valence-electron chi connectivity index (χ1n) is 6.16. The topological polar surface area (TPSA) is 71.1 Å². The van der Waals surface area contributed by atoms with E-state index < -0.39 is 10.0 Å². The number of hydrogen-bond donors (Lipinski definition) is 2. The number of hydrogen-bond acceptors (Lipinski definition) is 4. The van der Waals surface area contributed by atoms with Crippen LogP contribution >= 0.6 is 0 Å². The summed E-state index contributed by atoms with van der Waals surface area (Å²) in [4.78, 5) is 3.97. The van der Waals surface area contributed by atoms with Crippen LogP contribution in [0.2, 0.25) is 0 Å². The lowest BCUT2D eigenvalue weighted by Crippen LogP contribution is -2.29. The number of sulfonamides is 1. The zero-order valence-corrected chi connectivity index (χ0v) is 11.9. The quantitative estimate of drug-likeness (QED) is 0.794. The van der Waals surface area contributed by atoms with E-state index >= 15 is 0 Å². The third-order valence-electron chi connectivity index (χ3n) is 2.27.